The fourth-order valence-electron chi connectivity index (χ4n) is 2.22. The van der Waals surface area contributed by atoms with E-state index in [0.717, 1.165) is 25.2 Å². The zero-order valence-corrected chi connectivity index (χ0v) is 15.1. The van der Waals surface area contributed by atoms with E-state index in [1.165, 1.54) is 5.56 Å². The Hall–Kier alpha value is -2.08. The highest BCUT2D eigenvalue weighted by Gasteiger charge is 2.08. The molecule has 132 valence electrons. The normalized spacial score (nSPS) is 11.2. The molecule has 0 unspecified atom stereocenters. The van der Waals surface area contributed by atoms with Crippen LogP contribution in [-0.2, 0) is 13.0 Å². The highest BCUT2D eigenvalue weighted by molar-refractivity contribution is 5.34. The SMILES string of the molecule is CC(C)CCOc1ccccc1CCNc1nnc(CN(C)C)o1. The molecule has 0 radical (unpaired) electrons. The van der Waals surface area contributed by atoms with Gasteiger partial charge in [0.05, 0.1) is 13.2 Å². The number of nitrogens with one attached hydrogen (secondary N) is 1. The van der Waals surface area contributed by atoms with Crippen LogP contribution in [-0.4, -0.2) is 42.3 Å². The van der Waals surface area contributed by atoms with E-state index in [-0.39, 0.29) is 0 Å². The van der Waals surface area contributed by atoms with Crippen molar-refractivity contribution in [1.82, 2.24) is 15.1 Å². The van der Waals surface area contributed by atoms with Gasteiger partial charge in [0.15, 0.2) is 0 Å². The Balaban J connectivity index is 1.82. The monoisotopic (exact) mass is 332 g/mol. The van der Waals surface area contributed by atoms with Crippen molar-refractivity contribution < 1.29 is 9.15 Å². The summed E-state index contributed by atoms with van der Waals surface area (Å²) >= 11 is 0. The van der Waals surface area contributed by atoms with Gasteiger partial charge in [-0.3, -0.25) is 0 Å². The molecule has 0 aliphatic heterocycles. The first-order valence-corrected chi connectivity index (χ1v) is 8.46. The summed E-state index contributed by atoms with van der Waals surface area (Å²) in [5, 5.41) is 11.2. The molecule has 0 saturated carbocycles. The molecule has 0 fully saturated rings. The van der Waals surface area contributed by atoms with Crippen LogP contribution in [0.4, 0.5) is 6.01 Å². The third-order valence-corrected chi connectivity index (χ3v) is 3.51. The van der Waals surface area contributed by atoms with Gasteiger partial charge in [-0.15, -0.1) is 5.10 Å². The largest absolute Gasteiger partial charge is 0.493 e. The second-order valence-electron chi connectivity index (χ2n) is 6.55. The maximum atomic E-state index is 5.91. The summed E-state index contributed by atoms with van der Waals surface area (Å²) in [5.74, 6) is 2.21. The van der Waals surface area contributed by atoms with Crippen LogP contribution < -0.4 is 10.1 Å². The molecule has 0 saturated heterocycles. The second-order valence-corrected chi connectivity index (χ2v) is 6.55. The highest BCUT2D eigenvalue weighted by Crippen LogP contribution is 2.19. The Morgan fingerprint density at radius 2 is 2.00 bits per heavy atom. The van der Waals surface area contributed by atoms with E-state index in [9.17, 15) is 0 Å². The van der Waals surface area contributed by atoms with E-state index in [1.807, 2.05) is 37.2 Å². The molecular weight excluding hydrogens is 304 g/mol. The van der Waals surface area contributed by atoms with Crippen LogP contribution in [0.25, 0.3) is 0 Å². The van der Waals surface area contributed by atoms with E-state index in [4.69, 9.17) is 9.15 Å². The van der Waals surface area contributed by atoms with E-state index >= 15 is 0 Å². The Morgan fingerprint density at radius 1 is 1.21 bits per heavy atom. The van der Waals surface area contributed by atoms with Crippen molar-refractivity contribution in [2.75, 3.05) is 32.6 Å². The average molecular weight is 332 g/mol. The van der Waals surface area contributed by atoms with Crippen LogP contribution in [0.3, 0.4) is 0 Å². The van der Waals surface area contributed by atoms with Crippen molar-refractivity contribution in [3.63, 3.8) is 0 Å². The van der Waals surface area contributed by atoms with E-state index in [2.05, 4.69) is 35.4 Å². The maximum Gasteiger partial charge on any atom is 0.315 e. The third kappa shape index (κ3) is 6.20. The zero-order valence-electron chi connectivity index (χ0n) is 15.1. The summed E-state index contributed by atoms with van der Waals surface area (Å²) in [7, 11) is 3.93. The number of nitrogens with zero attached hydrogens (tertiary/aromatic N) is 3. The number of aromatic nitrogens is 2. The van der Waals surface area contributed by atoms with Gasteiger partial charge in [0.1, 0.15) is 5.75 Å². The summed E-state index contributed by atoms with van der Waals surface area (Å²) in [6.07, 6.45) is 1.90. The molecule has 1 N–H and O–H groups in total. The molecular formula is C18H28N4O2. The molecule has 0 aliphatic carbocycles. The van der Waals surface area contributed by atoms with Crippen molar-refractivity contribution >= 4 is 6.01 Å². The Bertz CT molecular complexity index is 611. The minimum absolute atomic E-state index is 0.463. The van der Waals surface area contributed by atoms with E-state index < -0.39 is 0 Å². The number of rotatable bonds is 10. The first kappa shape index (κ1) is 18.3. The highest BCUT2D eigenvalue weighted by atomic mass is 16.5. The summed E-state index contributed by atoms with van der Waals surface area (Å²) in [6, 6.07) is 8.62. The van der Waals surface area contributed by atoms with E-state index in [0.29, 0.717) is 30.9 Å². The lowest BCUT2D eigenvalue weighted by Crippen LogP contribution is -2.10. The number of hydrogen-bond donors (Lipinski definition) is 1. The number of para-hydroxylation sites is 1. The van der Waals surface area contributed by atoms with Crippen LogP contribution in [0.2, 0.25) is 0 Å². The third-order valence-electron chi connectivity index (χ3n) is 3.51. The van der Waals surface area contributed by atoms with Crippen molar-refractivity contribution in [3.8, 4) is 5.75 Å². The number of hydrogen-bond acceptors (Lipinski definition) is 6. The van der Waals surface area contributed by atoms with Gasteiger partial charge < -0.3 is 19.4 Å². The van der Waals surface area contributed by atoms with Gasteiger partial charge in [0, 0.05) is 6.54 Å². The molecule has 1 heterocycles. The van der Waals surface area contributed by atoms with Crippen LogP contribution in [0.5, 0.6) is 5.75 Å². The molecule has 2 aromatic rings. The lowest BCUT2D eigenvalue weighted by atomic mass is 10.1. The summed E-state index contributed by atoms with van der Waals surface area (Å²) in [5.41, 5.74) is 1.18. The average Bonchev–Trinajstić information content (AvgIpc) is 2.95. The quantitative estimate of drug-likeness (QED) is 0.721. The predicted molar refractivity (Wildman–Crippen MR) is 95.3 cm³/mol. The Labute approximate surface area is 144 Å². The van der Waals surface area contributed by atoms with Gasteiger partial charge in [-0.2, -0.15) is 0 Å². The van der Waals surface area contributed by atoms with Gasteiger partial charge in [0.25, 0.3) is 0 Å². The molecule has 1 aromatic heterocycles. The molecule has 0 spiro atoms. The van der Waals surface area contributed by atoms with Gasteiger partial charge >= 0.3 is 6.01 Å². The van der Waals surface area contributed by atoms with Crippen LogP contribution >= 0.6 is 0 Å². The van der Waals surface area contributed by atoms with Gasteiger partial charge in [0.2, 0.25) is 5.89 Å². The predicted octanol–water partition coefficient (Wildman–Crippen LogP) is 3.21. The molecule has 2 rings (SSSR count). The number of ether oxygens (including phenoxy) is 1. The Kier molecular flexibility index (Phi) is 7.06. The summed E-state index contributed by atoms with van der Waals surface area (Å²) < 4.78 is 11.5. The molecule has 1 aromatic carbocycles. The van der Waals surface area contributed by atoms with Gasteiger partial charge in [-0.05, 0) is 44.5 Å². The lowest BCUT2D eigenvalue weighted by molar-refractivity contribution is 0.287. The minimum Gasteiger partial charge on any atom is -0.493 e. The van der Waals surface area contributed by atoms with Crippen molar-refractivity contribution in [2.45, 2.75) is 33.2 Å². The summed E-state index contributed by atoms with van der Waals surface area (Å²) in [6.45, 7) is 6.51. The molecule has 6 nitrogen and oxygen atoms in total. The fraction of sp³-hybridized carbons (Fsp3) is 0.556. The van der Waals surface area contributed by atoms with E-state index in [1.54, 1.807) is 0 Å². The van der Waals surface area contributed by atoms with Crippen LogP contribution in [0.1, 0.15) is 31.7 Å². The molecule has 0 atom stereocenters. The number of anilines is 1. The van der Waals surface area contributed by atoms with Crippen molar-refractivity contribution in [1.29, 1.82) is 0 Å². The topological polar surface area (TPSA) is 63.4 Å². The van der Waals surface area contributed by atoms with Crippen LogP contribution in [0, 0.1) is 5.92 Å². The molecule has 6 heteroatoms. The molecule has 24 heavy (non-hydrogen) atoms. The zero-order chi connectivity index (χ0) is 17.4. The van der Waals surface area contributed by atoms with Gasteiger partial charge in [-0.1, -0.05) is 37.1 Å². The summed E-state index contributed by atoms with van der Waals surface area (Å²) in [4.78, 5) is 1.99. The smallest absolute Gasteiger partial charge is 0.315 e. The Morgan fingerprint density at radius 3 is 2.75 bits per heavy atom. The molecule has 0 amide bonds. The maximum absolute atomic E-state index is 5.91. The standard InChI is InChI=1S/C18H28N4O2/c1-14(2)10-12-23-16-8-6-5-7-15(16)9-11-19-18-21-20-17(24-18)13-22(3)4/h5-8,14H,9-13H2,1-4H3,(H,19,21). The first-order valence-electron chi connectivity index (χ1n) is 8.46. The van der Waals surface area contributed by atoms with Crippen molar-refractivity contribution in [2.24, 2.45) is 5.92 Å². The molecule has 0 bridgehead atoms. The number of benzene rings is 1. The fourth-order valence-corrected chi connectivity index (χ4v) is 2.22. The second kappa shape index (κ2) is 9.27. The van der Waals surface area contributed by atoms with Crippen molar-refractivity contribution in [3.05, 3.63) is 35.7 Å². The molecule has 0 aliphatic rings. The van der Waals surface area contributed by atoms with Gasteiger partial charge in [-0.25, -0.2) is 0 Å². The first-order chi connectivity index (χ1) is 11.5. The lowest BCUT2D eigenvalue weighted by Gasteiger charge is -2.12. The minimum atomic E-state index is 0.463. The van der Waals surface area contributed by atoms with Crippen LogP contribution in [0.15, 0.2) is 28.7 Å².